The third-order valence-electron chi connectivity index (χ3n) is 2.60. The van der Waals surface area contributed by atoms with Gasteiger partial charge in [-0.05, 0) is 37.6 Å². The van der Waals surface area contributed by atoms with Crippen molar-refractivity contribution in [3.63, 3.8) is 0 Å². The SMILES string of the molecule is Cc1cc(C(=O)Nc2ccc(O)c(F)c2)sc1C. The lowest BCUT2D eigenvalue weighted by Gasteiger charge is -2.04. The van der Waals surface area contributed by atoms with Crippen molar-refractivity contribution in [2.75, 3.05) is 5.32 Å². The number of rotatable bonds is 2. The van der Waals surface area contributed by atoms with Gasteiger partial charge in [0, 0.05) is 16.6 Å². The summed E-state index contributed by atoms with van der Waals surface area (Å²) in [6.45, 7) is 3.87. The van der Waals surface area contributed by atoms with Gasteiger partial charge >= 0.3 is 0 Å². The minimum Gasteiger partial charge on any atom is -0.505 e. The third kappa shape index (κ3) is 2.51. The van der Waals surface area contributed by atoms with Crippen LogP contribution in [0.1, 0.15) is 20.1 Å². The number of anilines is 1. The van der Waals surface area contributed by atoms with E-state index in [-0.39, 0.29) is 5.91 Å². The highest BCUT2D eigenvalue weighted by molar-refractivity contribution is 7.14. The molecule has 5 heteroatoms. The molecular formula is C13H12FNO2S. The number of aryl methyl sites for hydroxylation is 2. The fraction of sp³-hybridized carbons (Fsp3) is 0.154. The molecule has 0 aliphatic rings. The monoisotopic (exact) mass is 265 g/mol. The molecule has 1 amide bonds. The number of aromatic hydroxyl groups is 1. The van der Waals surface area contributed by atoms with Crippen molar-refractivity contribution in [2.45, 2.75) is 13.8 Å². The maximum absolute atomic E-state index is 13.1. The van der Waals surface area contributed by atoms with Crippen molar-refractivity contribution >= 4 is 22.9 Å². The third-order valence-corrected chi connectivity index (χ3v) is 3.75. The molecule has 1 heterocycles. The van der Waals surface area contributed by atoms with Gasteiger partial charge in [-0.2, -0.15) is 0 Å². The van der Waals surface area contributed by atoms with Gasteiger partial charge in [-0.3, -0.25) is 4.79 Å². The van der Waals surface area contributed by atoms with E-state index in [1.807, 2.05) is 13.8 Å². The van der Waals surface area contributed by atoms with Gasteiger partial charge in [0.25, 0.3) is 5.91 Å². The summed E-state index contributed by atoms with van der Waals surface area (Å²) in [5, 5.41) is 11.6. The zero-order valence-corrected chi connectivity index (χ0v) is 10.8. The molecule has 1 aromatic carbocycles. The minimum absolute atomic E-state index is 0.277. The van der Waals surface area contributed by atoms with Crippen molar-refractivity contribution in [3.05, 3.63) is 45.4 Å². The Morgan fingerprint density at radius 3 is 2.61 bits per heavy atom. The molecule has 2 N–H and O–H groups in total. The summed E-state index contributed by atoms with van der Waals surface area (Å²) >= 11 is 1.39. The first kappa shape index (κ1) is 12.6. The molecule has 94 valence electrons. The molecule has 0 radical (unpaired) electrons. The van der Waals surface area contributed by atoms with Crippen molar-refractivity contribution in [2.24, 2.45) is 0 Å². The van der Waals surface area contributed by atoms with Gasteiger partial charge < -0.3 is 10.4 Å². The van der Waals surface area contributed by atoms with E-state index in [0.29, 0.717) is 10.6 Å². The standard InChI is InChI=1S/C13H12FNO2S/c1-7-5-12(18-8(7)2)13(17)15-9-3-4-11(16)10(14)6-9/h3-6,16H,1-2H3,(H,15,17). The van der Waals surface area contributed by atoms with Crippen molar-refractivity contribution in [1.82, 2.24) is 0 Å². The van der Waals surface area contributed by atoms with Gasteiger partial charge in [-0.15, -0.1) is 11.3 Å². The Hall–Kier alpha value is -1.88. The number of nitrogens with one attached hydrogen (secondary N) is 1. The Morgan fingerprint density at radius 2 is 2.06 bits per heavy atom. The summed E-state index contributed by atoms with van der Waals surface area (Å²) in [6.07, 6.45) is 0. The molecule has 2 rings (SSSR count). The number of carbonyl (C=O) groups excluding carboxylic acids is 1. The quantitative estimate of drug-likeness (QED) is 0.817. The molecule has 18 heavy (non-hydrogen) atoms. The molecule has 0 saturated heterocycles. The van der Waals surface area contributed by atoms with Crippen LogP contribution in [0.3, 0.4) is 0 Å². The second kappa shape index (κ2) is 4.78. The van der Waals surface area contributed by atoms with Crippen LogP contribution in [0.25, 0.3) is 0 Å². The molecule has 1 aromatic heterocycles. The zero-order valence-electron chi connectivity index (χ0n) is 9.95. The highest BCUT2D eigenvalue weighted by Gasteiger charge is 2.11. The largest absolute Gasteiger partial charge is 0.505 e. The minimum atomic E-state index is -0.758. The van der Waals surface area contributed by atoms with Crippen LogP contribution in [0.4, 0.5) is 10.1 Å². The fourth-order valence-corrected chi connectivity index (χ4v) is 2.39. The molecule has 3 nitrogen and oxygen atoms in total. The number of carbonyl (C=O) groups is 1. The number of benzene rings is 1. The molecule has 0 aliphatic heterocycles. The predicted octanol–water partition coefficient (Wildman–Crippen LogP) is 3.46. The van der Waals surface area contributed by atoms with Crippen LogP contribution >= 0.6 is 11.3 Å². The number of hydrogen-bond acceptors (Lipinski definition) is 3. The van der Waals surface area contributed by atoms with Crippen molar-refractivity contribution in [1.29, 1.82) is 0 Å². The maximum atomic E-state index is 13.1. The van der Waals surface area contributed by atoms with E-state index in [1.54, 1.807) is 6.07 Å². The molecule has 0 unspecified atom stereocenters. The maximum Gasteiger partial charge on any atom is 0.265 e. The Balaban J connectivity index is 2.18. The van der Waals surface area contributed by atoms with Crippen LogP contribution in [0, 0.1) is 19.7 Å². The van der Waals surface area contributed by atoms with Gasteiger partial charge in [-0.1, -0.05) is 0 Å². The van der Waals surface area contributed by atoms with E-state index in [0.717, 1.165) is 16.5 Å². The first-order valence-electron chi connectivity index (χ1n) is 5.34. The Kier molecular flexibility index (Phi) is 3.34. The molecule has 0 bridgehead atoms. The van der Waals surface area contributed by atoms with Crippen LogP contribution in [-0.4, -0.2) is 11.0 Å². The summed E-state index contributed by atoms with van der Waals surface area (Å²) < 4.78 is 13.1. The van der Waals surface area contributed by atoms with E-state index in [9.17, 15) is 9.18 Å². The fourth-order valence-electron chi connectivity index (χ4n) is 1.46. The average molecular weight is 265 g/mol. The lowest BCUT2D eigenvalue weighted by Crippen LogP contribution is -2.10. The van der Waals surface area contributed by atoms with E-state index in [4.69, 9.17) is 5.11 Å². The molecule has 0 atom stereocenters. The van der Waals surface area contributed by atoms with Gasteiger partial charge in [0.2, 0.25) is 0 Å². The van der Waals surface area contributed by atoms with E-state index in [2.05, 4.69) is 5.32 Å². The summed E-state index contributed by atoms with van der Waals surface area (Å²) in [4.78, 5) is 13.6. The summed E-state index contributed by atoms with van der Waals surface area (Å²) in [7, 11) is 0. The smallest absolute Gasteiger partial charge is 0.265 e. The molecule has 0 aliphatic carbocycles. The van der Waals surface area contributed by atoms with Crippen LogP contribution < -0.4 is 5.32 Å². The van der Waals surface area contributed by atoms with Gasteiger partial charge in [0.15, 0.2) is 11.6 Å². The van der Waals surface area contributed by atoms with Gasteiger partial charge in [0.05, 0.1) is 4.88 Å². The highest BCUT2D eigenvalue weighted by Crippen LogP contribution is 2.23. The van der Waals surface area contributed by atoms with Crippen molar-refractivity contribution < 1.29 is 14.3 Å². The average Bonchev–Trinajstić information content (AvgIpc) is 2.65. The topological polar surface area (TPSA) is 49.3 Å². The molecule has 0 saturated carbocycles. The Labute approximate surface area is 108 Å². The summed E-state index contributed by atoms with van der Waals surface area (Å²) in [5.74, 6) is -1.47. The Morgan fingerprint density at radius 1 is 1.33 bits per heavy atom. The van der Waals surface area contributed by atoms with E-state index >= 15 is 0 Å². The number of thiophene rings is 1. The van der Waals surface area contributed by atoms with Gasteiger partial charge in [0.1, 0.15) is 0 Å². The summed E-state index contributed by atoms with van der Waals surface area (Å²) in [6, 6.07) is 5.53. The molecular weight excluding hydrogens is 253 g/mol. The summed E-state index contributed by atoms with van der Waals surface area (Å²) in [5.41, 5.74) is 1.38. The molecule has 0 spiro atoms. The predicted molar refractivity (Wildman–Crippen MR) is 69.8 cm³/mol. The number of hydrogen-bond donors (Lipinski definition) is 2. The zero-order chi connectivity index (χ0) is 13.3. The number of phenolic OH excluding ortho intramolecular Hbond substituents is 1. The van der Waals surface area contributed by atoms with Crippen LogP contribution in [0.15, 0.2) is 24.3 Å². The second-order valence-corrected chi connectivity index (χ2v) is 5.23. The van der Waals surface area contributed by atoms with Crippen LogP contribution in [0.2, 0.25) is 0 Å². The van der Waals surface area contributed by atoms with Crippen LogP contribution in [-0.2, 0) is 0 Å². The van der Waals surface area contributed by atoms with Gasteiger partial charge in [-0.25, -0.2) is 4.39 Å². The number of amides is 1. The van der Waals surface area contributed by atoms with Crippen LogP contribution in [0.5, 0.6) is 5.75 Å². The second-order valence-electron chi connectivity index (χ2n) is 3.97. The number of phenols is 1. The number of halogens is 1. The van der Waals surface area contributed by atoms with Crippen molar-refractivity contribution in [3.8, 4) is 5.75 Å². The Bertz CT molecular complexity index is 588. The lowest BCUT2D eigenvalue weighted by atomic mass is 10.2. The first-order chi connectivity index (χ1) is 8.47. The first-order valence-corrected chi connectivity index (χ1v) is 6.16. The highest BCUT2D eigenvalue weighted by atomic mass is 32.1. The molecule has 0 fully saturated rings. The van der Waals surface area contributed by atoms with E-state index < -0.39 is 11.6 Å². The lowest BCUT2D eigenvalue weighted by molar-refractivity contribution is 0.103. The molecule has 2 aromatic rings. The normalized spacial score (nSPS) is 10.4. The van der Waals surface area contributed by atoms with E-state index in [1.165, 1.54) is 23.5 Å².